The minimum Gasteiger partial charge on any atom is -0.379 e. The molecule has 0 amide bonds. The summed E-state index contributed by atoms with van der Waals surface area (Å²) in [6.45, 7) is 24.6. The van der Waals surface area contributed by atoms with Crippen LogP contribution in [0.5, 0.6) is 0 Å². The van der Waals surface area contributed by atoms with E-state index in [1.54, 1.807) is 5.57 Å². The highest BCUT2D eigenvalue weighted by molar-refractivity contribution is 5.25. The predicted molar refractivity (Wildman–Crippen MR) is 265 cm³/mol. The van der Waals surface area contributed by atoms with Crippen molar-refractivity contribution in [1.29, 1.82) is 0 Å². The zero-order valence-corrected chi connectivity index (χ0v) is 42.4. The predicted octanol–water partition coefficient (Wildman–Crippen LogP) is 14.4. The van der Waals surface area contributed by atoms with Crippen molar-refractivity contribution in [2.45, 2.75) is 214 Å². The van der Waals surface area contributed by atoms with Gasteiger partial charge in [-0.2, -0.15) is 0 Å². The van der Waals surface area contributed by atoms with Gasteiger partial charge in [-0.25, -0.2) is 0 Å². The zero-order valence-electron chi connectivity index (χ0n) is 42.4. The van der Waals surface area contributed by atoms with E-state index in [1.807, 2.05) is 0 Å². The summed E-state index contributed by atoms with van der Waals surface area (Å²) < 4.78 is 31.0. The second-order valence-electron chi connectivity index (χ2n) is 22.2. The molecule has 3 saturated carbocycles. The van der Waals surface area contributed by atoms with E-state index in [0.29, 0.717) is 56.0 Å². The molecule has 0 aromatic heterocycles. The van der Waals surface area contributed by atoms with Crippen molar-refractivity contribution in [3.05, 3.63) is 36.0 Å². The lowest BCUT2D eigenvalue weighted by Crippen LogP contribution is -2.51. The monoisotopic (exact) mass is 880 g/mol. The van der Waals surface area contributed by atoms with Gasteiger partial charge in [0.25, 0.3) is 0 Å². The molecule has 1 unspecified atom stereocenters. The third-order valence-electron chi connectivity index (χ3n) is 17.2. The maximum Gasteiger partial charge on any atom is 0.0936 e. The Morgan fingerprint density at radius 3 is 2.32 bits per heavy atom. The van der Waals surface area contributed by atoms with Crippen molar-refractivity contribution in [3.63, 3.8) is 0 Å². The summed E-state index contributed by atoms with van der Waals surface area (Å²) in [6.07, 6.45) is 42.7. The van der Waals surface area contributed by atoms with Crippen LogP contribution in [0.4, 0.5) is 0 Å². The van der Waals surface area contributed by atoms with Crippen molar-refractivity contribution in [1.82, 2.24) is 4.90 Å². The highest BCUT2D eigenvalue weighted by Gasteiger charge is 2.59. The maximum absolute atomic E-state index is 6.52. The van der Waals surface area contributed by atoms with Crippen molar-refractivity contribution >= 4 is 0 Å². The zero-order chi connectivity index (χ0) is 44.8. The van der Waals surface area contributed by atoms with Crippen molar-refractivity contribution in [3.8, 4) is 0 Å². The van der Waals surface area contributed by atoms with Crippen LogP contribution >= 0.6 is 0 Å². The Hall–Kier alpha value is -1.02. The number of unbranched alkanes of at least 4 members (excludes halogenated alkanes) is 9. The first kappa shape index (κ1) is 52.9. The van der Waals surface area contributed by atoms with Crippen LogP contribution in [0.2, 0.25) is 0 Å². The summed E-state index contributed by atoms with van der Waals surface area (Å²) in [5.74, 6) is 5.33. The molecule has 0 bridgehead atoms. The van der Waals surface area contributed by atoms with E-state index in [0.717, 1.165) is 87.7 Å². The van der Waals surface area contributed by atoms with Crippen LogP contribution in [0.25, 0.3) is 0 Å². The third kappa shape index (κ3) is 16.9. The number of rotatable bonds is 32. The number of fused-ring (bicyclic) bond motifs is 5. The van der Waals surface area contributed by atoms with E-state index >= 15 is 0 Å². The highest BCUT2D eigenvalue weighted by atomic mass is 16.6. The van der Waals surface area contributed by atoms with Gasteiger partial charge in [0.2, 0.25) is 0 Å². The van der Waals surface area contributed by atoms with Crippen LogP contribution in [0, 0.1) is 46.3 Å². The Balaban J connectivity index is 0.925. The van der Waals surface area contributed by atoms with Gasteiger partial charge in [0.05, 0.1) is 58.5 Å². The topological polar surface area (TPSA) is 49.4 Å². The SMILES string of the molecule is CCCCC/C=C\C/C=C\CCCCCCCCOC[C@H](CN1CCOC[C@@H]1C)OCCOCCO[C@H]1CC[C@@]2(C)C(=CCC3[C@@H]4CC[C@H]([C@H](C)CCCC(C)C)[C@@]4(C)CC[C@@H]32)C1. The van der Waals surface area contributed by atoms with Crippen molar-refractivity contribution in [2.75, 3.05) is 65.9 Å². The Morgan fingerprint density at radius 2 is 1.54 bits per heavy atom. The van der Waals surface area contributed by atoms with E-state index in [2.05, 4.69) is 83.7 Å². The molecule has 0 spiro atoms. The number of nitrogens with zero attached hydrogens (tertiary/aromatic N) is 1. The van der Waals surface area contributed by atoms with Crippen LogP contribution in [0.1, 0.15) is 196 Å². The normalized spacial score (nSPS) is 31.1. The summed E-state index contributed by atoms with van der Waals surface area (Å²) in [4.78, 5) is 2.50. The molecular weight excluding hydrogens is 779 g/mol. The molecule has 10 atom stereocenters. The van der Waals surface area contributed by atoms with Gasteiger partial charge in [-0.3, -0.25) is 4.90 Å². The molecule has 6 nitrogen and oxygen atoms in total. The number of morpholine rings is 1. The molecule has 0 aromatic carbocycles. The van der Waals surface area contributed by atoms with E-state index in [4.69, 9.17) is 23.7 Å². The molecule has 1 heterocycles. The number of allylic oxidation sites excluding steroid dienone is 5. The first-order valence-corrected chi connectivity index (χ1v) is 27.4. The number of hydrogen-bond donors (Lipinski definition) is 0. The Labute approximate surface area is 389 Å². The molecule has 0 radical (unpaired) electrons. The third-order valence-corrected chi connectivity index (χ3v) is 17.2. The van der Waals surface area contributed by atoms with Crippen molar-refractivity contribution in [2.24, 2.45) is 46.3 Å². The van der Waals surface area contributed by atoms with Gasteiger partial charge in [0, 0.05) is 25.7 Å². The summed E-state index contributed by atoms with van der Waals surface area (Å²) in [7, 11) is 0. The molecule has 63 heavy (non-hydrogen) atoms. The second kappa shape index (κ2) is 29.0. The fourth-order valence-corrected chi connectivity index (χ4v) is 13.3. The lowest BCUT2D eigenvalue weighted by atomic mass is 9.47. The van der Waals surface area contributed by atoms with Gasteiger partial charge < -0.3 is 23.7 Å². The van der Waals surface area contributed by atoms with E-state index < -0.39 is 0 Å². The average Bonchev–Trinajstić information content (AvgIpc) is 3.63. The second-order valence-corrected chi connectivity index (χ2v) is 22.2. The van der Waals surface area contributed by atoms with Crippen LogP contribution in [0.15, 0.2) is 36.0 Å². The van der Waals surface area contributed by atoms with Crippen LogP contribution < -0.4 is 0 Å². The summed E-state index contributed by atoms with van der Waals surface area (Å²) in [6, 6.07) is 0.408. The van der Waals surface area contributed by atoms with Gasteiger partial charge in [-0.05, 0) is 143 Å². The minimum atomic E-state index is 0.0473. The molecule has 5 aliphatic rings. The maximum atomic E-state index is 6.52. The first-order valence-electron chi connectivity index (χ1n) is 27.4. The highest BCUT2D eigenvalue weighted by Crippen LogP contribution is 2.67. The Kier molecular flexibility index (Phi) is 24.4. The lowest BCUT2D eigenvalue weighted by molar-refractivity contribution is -0.0812. The Bertz CT molecular complexity index is 1310. The standard InChI is InChI=1S/C57H101NO5/c1-8-9-10-11-12-13-14-15-16-17-18-19-20-21-22-23-36-60-45-51(43-58-35-37-61-44-48(58)5)63-41-39-59-38-40-62-50-31-33-56(6)49(42-50)27-28-52-54-30-29-53(47(4)26-24-25-46(2)3)57(54,7)34-32-55(52)56/h12-13,15-16,27,46-48,50-55H,8-11,14,17-26,28-45H2,1-7H3/b13-12-,16-15-/t47-,48+,50+,51+,52?,53-,54+,55+,56+,57-/m1/s1. The van der Waals surface area contributed by atoms with Gasteiger partial charge in [0.15, 0.2) is 0 Å². The van der Waals surface area contributed by atoms with Crippen LogP contribution in [-0.2, 0) is 23.7 Å². The molecule has 6 heteroatoms. The molecule has 1 saturated heterocycles. The smallest absolute Gasteiger partial charge is 0.0936 e. The van der Waals surface area contributed by atoms with Crippen LogP contribution in [-0.4, -0.2) is 89.1 Å². The largest absolute Gasteiger partial charge is 0.379 e. The molecule has 4 aliphatic carbocycles. The molecule has 0 aromatic rings. The van der Waals surface area contributed by atoms with Gasteiger partial charge >= 0.3 is 0 Å². The van der Waals surface area contributed by atoms with E-state index in [9.17, 15) is 0 Å². The van der Waals surface area contributed by atoms with Crippen molar-refractivity contribution < 1.29 is 23.7 Å². The van der Waals surface area contributed by atoms with E-state index in [1.165, 1.54) is 128 Å². The summed E-state index contributed by atoms with van der Waals surface area (Å²) >= 11 is 0. The minimum absolute atomic E-state index is 0.0473. The van der Waals surface area contributed by atoms with Crippen LogP contribution in [0.3, 0.4) is 0 Å². The fraction of sp³-hybridized carbons (Fsp3) is 0.895. The molecular formula is C57H101NO5. The van der Waals surface area contributed by atoms with Gasteiger partial charge in [-0.1, -0.05) is 135 Å². The molecule has 0 N–H and O–H groups in total. The summed E-state index contributed by atoms with van der Waals surface area (Å²) in [5, 5.41) is 0. The summed E-state index contributed by atoms with van der Waals surface area (Å²) in [5.41, 5.74) is 2.66. The Morgan fingerprint density at radius 1 is 0.778 bits per heavy atom. The number of hydrogen-bond acceptors (Lipinski definition) is 6. The number of ether oxygens (including phenoxy) is 5. The first-order chi connectivity index (χ1) is 30.7. The lowest BCUT2D eigenvalue weighted by Gasteiger charge is -2.58. The van der Waals surface area contributed by atoms with Gasteiger partial charge in [0.1, 0.15) is 0 Å². The average molecular weight is 880 g/mol. The fourth-order valence-electron chi connectivity index (χ4n) is 13.3. The molecule has 1 aliphatic heterocycles. The molecule has 5 rings (SSSR count). The quantitative estimate of drug-likeness (QED) is 0.0496. The van der Waals surface area contributed by atoms with E-state index in [-0.39, 0.29) is 6.10 Å². The molecule has 364 valence electrons. The van der Waals surface area contributed by atoms with Gasteiger partial charge in [-0.15, -0.1) is 0 Å². The molecule has 4 fully saturated rings.